The van der Waals surface area contributed by atoms with Crippen LogP contribution < -0.4 is 0 Å². The minimum atomic E-state index is -1.48. The Hall–Kier alpha value is -3.88. The highest BCUT2D eigenvalue weighted by Crippen LogP contribution is 2.40. The molecule has 0 fully saturated rings. The van der Waals surface area contributed by atoms with Gasteiger partial charge in [0.15, 0.2) is 0 Å². The first-order chi connectivity index (χ1) is 16.1. The third-order valence-corrected chi connectivity index (χ3v) is 6.41. The summed E-state index contributed by atoms with van der Waals surface area (Å²) in [6.45, 7) is 0. The number of benzene rings is 2. The first-order valence-electron chi connectivity index (χ1n) is 10.9. The Bertz CT molecular complexity index is 1290. The van der Waals surface area contributed by atoms with Crippen molar-refractivity contribution in [3.05, 3.63) is 97.1 Å². The molecule has 2 aromatic carbocycles. The first-order valence-corrected chi connectivity index (χ1v) is 10.9. The molecule has 0 bridgehead atoms. The highest BCUT2D eigenvalue weighted by Gasteiger charge is 2.45. The molecule has 6 rings (SSSR count). The van der Waals surface area contributed by atoms with Crippen molar-refractivity contribution >= 4 is 22.1 Å². The number of nitrogens with zero attached hydrogens (tertiary/aromatic N) is 6. The monoisotopic (exact) mass is 438 g/mol. The summed E-state index contributed by atoms with van der Waals surface area (Å²) in [5.41, 5.74) is -0.138. The molecule has 2 aromatic heterocycles. The molecule has 2 N–H and O–H groups in total. The van der Waals surface area contributed by atoms with Gasteiger partial charge in [0.2, 0.25) is 11.4 Å². The van der Waals surface area contributed by atoms with E-state index in [0.717, 1.165) is 0 Å². The predicted octanol–water partition coefficient (Wildman–Crippen LogP) is 3.04. The van der Waals surface area contributed by atoms with Crippen LogP contribution in [0.3, 0.4) is 0 Å². The Balaban J connectivity index is 1.37. The van der Waals surface area contributed by atoms with Crippen LogP contribution in [0.4, 0.5) is 0 Å². The lowest BCUT2D eigenvalue weighted by Gasteiger charge is -2.38. The topological polar surface area (TPSA) is 102 Å². The molecule has 4 aromatic rings. The molecule has 8 nitrogen and oxygen atoms in total. The van der Waals surface area contributed by atoms with Gasteiger partial charge in [-0.05, 0) is 42.8 Å². The number of rotatable bonds is 4. The second-order valence-corrected chi connectivity index (χ2v) is 8.46. The molecular formula is C25H22N6O2. The van der Waals surface area contributed by atoms with Gasteiger partial charge in [0.1, 0.15) is 22.1 Å². The summed E-state index contributed by atoms with van der Waals surface area (Å²) in [4.78, 5) is 2.73. The van der Waals surface area contributed by atoms with Gasteiger partial charge in [0.05, 0.1) is 0 Å². The van der Waals surface area contributed by atoms with Crippen molar-refractivity contribution in [2.24, 2.45) is 11.8 Å². The first kappa shape index (κ1) is 19.8. The molecule has 0 saturated heterocycles. The van der Waals surface area contributed by atoms with E-state index in [4.69, 9.17) is 0 Å². The predicted molar refractivity (Wildman–Crippen MR) is 124 cm³/mol. The largest absolute Gasteiger partial charge is 0.364 e. The SMILES string of the molecule is OC1(n2nc3ccccc3n2)C=CC=CC1CC1C=CC=CC1(O)n1nc2ccccc2n1. The minimum Gasteiger partial charge on any atom is -0.364 e. The summed E-state index contributed by atoms with van der Waals surface area (Å²) in [6, 6.07) is 15.0. The van der Waals surface area contributed by atoms with Crippen molar-refractivity contribution in [1.29, 1.82) is 0 Å². The summed E-state index contributed by atoms with van der Waals surface area (Å²) in [6.07, 6.45) is 15.0. The summed E-state index contributed by atoms with van der Waals surface area (Å²) in [5.74, 6) is -0.802. The maximum atomic E-state index is 11.7. The molecule has 0 spiro atoms. The number of hydrogen-bond acceptors (Lipinski definition) is 6. The molecule has 0 saturated carbocycles. The van der Waals surface area contributed by atoms with Crippen molar-refractivity contribution in [2.45, 2.75) is 17.9 Å². The molecule has 0 aliphatic heterocycles. The van der Waals surface area contributed by atoms with E-state index < -0.39 is 23.3 Å². The van der Waals surface area contributed by atoms with E-state index >= 15 is 0 Å². The molecule has 164 valence electrons. The molecule has 4 atom stereocenters. The number of allylic oxidation sites excluding steroid dienone is 4. The van der Waals surface area contributed by atoms with Gasteiger partial charge in [-0.1, -0.05) is 60.7 Å². The zero-order chi connectivity index (χ0) is 22.5. The Morgan fingerprint density at radius 2 is 0.970 bits per heavy atom. The number of aromatic nitrogens is 6. The van der Waals surface area contributed by atoms with Gasteiger partial charge in [0, 0.05) is 11.8 Å². The van der Waals surface area contributed by atoms with Gasteiger partial charge in [-0.15, -0.1) is 9.59 Å². The second-order valence-electron chi connectivity index (χ2n) is 8.46. The van der Waals surface area contributed by atoms with Crippen LogP contribution >= 0.6 is 0 Å². The van der Waals surface area contributed by atoms with Gasteiger partial charge in [-0.3, -0.25) is 0 Å². The maximum absolute atomic E-state index is 11.7. The van der Waals surface area contributed by atoms with Gasteiger partial charge >= 0.3 is 0 Å². The van der Waals surface area contributed by atoms with E-state index in [9.17, 15) is 10.2 Å². The molecule has 4 unspecified atom stereocenters. The van der Waals surface area contributed by atoms with Crippen LogP contribution in [0, 0.1) is 11.8 Å². The smallest absolute Gasteiger partial charge is 0.202 e. The third-order valence-electron chi connectivity index (χ3n) is 6.41. The highest BCUT2D eigenvalue weighted by molar-refractivity contribution is 5.73. The van der Waals surface area contributed by atoms with Crippen LogP contribution in [-0.4, -0.2) is 40.2 Å². The van der Waals surface area contributed by atoms with Gasteiger partial charge in [-0.2, -0.15) is 20.4 Å². The van der Waals surface area contributed by atoms with Crippen molar-refractivity contribution in [1.82, 2.24) is 30.0 Å². The van der Waals surface area contributed by atoms with E-state index in [1.165, 1.54) is 9.59 Å². The number of aliphatic hydroxyl groups is 2. The summed E-state index contributed by atoms with van der Waals surface area (Å²) in [5, 5.41) is 41.5. The van der Waals surface area contributed by atoms with E-state index in [0.29, 0.717) is 28.5 Å². The lowest BCUT2D eigenvalue weighted by Crippen LogP contribution is -2.46. The van der Waals surface area contributed by atoms with E-state index in [2.05, 4.69) is 20.4 Å². The molecule has 0 amide bonds. The lowest BCUT2D eigenvalue weighted by molar-refractivity contribution is -0.0897. The minimum absolute atomic E-state index is 0.401. The number of hydrogen-bond donors (Lipinski definition) is 2. The molecule has 0 radical (unpaired) electrons. The average molecular weight is 438 g/mol. The van der Waals surface area contributed by atoms with Crippen LogP contribution in [0.25, 0.3) is 22.1 Å². The van der Waals surface area contributed by atoms with Crippen LogP contribution in [0.5, 0.6) is 0 Å². The van der Waals surface area contributed by atoms with E-state index in [-0.39, 0.29) is 0 Å². The fourth-order valence-corrected chi connectivity index (χ4v) is 4.57. The lowest BCUT2D eigenvalue weighted by atomic mass is 9.78. The third kappa shape index (κ3) is 3.14. The Morgan fingerprint density at radius 3 is 1.33 bits per heavy atom. The van der Waals surface area contributed by atoms with Gasteiger partial charge < -0.3 is 10.2 Å². The van der Waals surface area contributed by atoms with Crippen molar-refractivity contribution in [2.75, 3.05) is 0 Å². The maximum Gasteiger partial charge on any atom is 0.202 e. The Morgan fingerprint density at radius 1 is 0.606 bits per heavy atom. The van der Waals surface area contributed by atoms with Gasteiger partial charge in [-0.25, -0.2) is 0 Å². The van der Waals surface area contributed by atoms with Crippen molar-refractivity contribution < 1.29 is 10.2 Å². The Labute approximate surface area is 189 Å². The molecule has 33 heavy (non-hydrogen) atoms. The fraction of sp³-hybridized carbons (Fsp3) is 0.200. The number of fused-ring (bicyclic) bond motifs is 2. The van der Waals surface area contributed by atoms with Crippen LogP contribution in [0.2, 0.25) is 0 Å². The van der Waals surface area contributed by atoms with Crippen molar-refractivity contribution in [3.8, 4) is 0 Å². The molecule has 2 heterocycles. The molecule has 2 aliphatic rings. The zero-order valence-corrected chi connectivity index (χ0v) is 17.7. The normalized spacial score (nSPS) is 28.8. The summed E-state index contributed by atoms with van der Waals surface area (Å²) >= 11 is 0. The van der Waals surface area contributed by atoms with Crippen molar-refractivity contribution in [3.63, 3.8) is 0 Å². The van der Waals surface area contributed by atoms with Crippen LogP contribution in [-0.2, 0) is 11.4 Å². The van der Waals surface area contributed by atoms with Gasteiger partial charge in [0.25, 0.3) is 0 Å². The molecule has 2 aliphatic carbocycles. The quantitative estimate of drug-likeness (QED) is 0.508. The zero-order valence-electron chi connectivity index (χ0n) is 17.7. The van der Waals surface area contributed by atoms with Crippen LogP contribution in [0.1, 0.15) is 6.42 Å². The second kappa shape index (κ2) is 7.33. The Kier molecular flexibility index (Phi) is 4.39. The summed E-state index contributed by atoms with van der Waals surface area (Å²) in [7, 11) is 0. The van der Waals surface area contributed by atoms with E-state index in [1.54, 1.807) is 24.3 Å². The molecule has 8 heteroatoms. The van der Waals surface area contributed by atoms with Crippen LogP contribution in [0.15, 0.2) is 97.1 Å². The average Bonchev–Trinajstić information content (AvgIpc) is 3.47. The van der Waals surface area contributed by atoms with E-state index in [1.807, 2.05) is 72.8 Å². The summed E-state index contributed by atoms with van der Waals surface area (Å²) < 4.78 is 0. The molecular weight excluding hydrogens is 416 g/mol. The standard InChI is InChI=1S/C25H22N6O2/c32-24(30-26-20-11-1-2-12-21(20)27-30)15-7-5-9-18(24)17-19-10-6-8-16-25(19,33)31-28-22-13-3-4-14-23(22)29-31/h1-16,18-19,32-33H,17H2. The fourth-order valence-electron chi connectivity index (χ4n) is 4.57. The highest BCUT2D eigenvalue weighted by atomic mass is 16.3.